The molecule has 1 aromatic carbocycles. The molecule has 0 amide bonds. The summed E-state index contributed by atoms with van der Waals surface area (Å²) in [7, 11) is -3.72. The third-order valence-electron chi connectivity index (χ3n) is 3.17. The molecule has 0 atom stereocenters. The number of aliphatic hydroxyl groups is 1. The van der Waals surface area contributed by atoms with Crippen molar-refractivity contribution in [3.63, 3.8) is 0 Å². The molecule has 0 spiro atoms. The molecule has 0 heterocycles. The fourth-order valence-corrected chi connectivity index (χ4v) is 3.18. The van der Waals surface area contributed by atoms with E-state index in [0.29, 0.717) is 17.3 Å². The fraction of sp³-hybridized carbons (Fsp3) is 0.500. The number of benzene rings is 1. The van der Waals surface area contributed by atoms with Crippen molar-refractivity contribution >= 4 is 31.6 Å². The lowest BCUT2D eigenvalue weighted by Gasteiger charge is -2.25. The maximum Gasteiger partial charge on any atom is 0.242 e. The average molecular weight is 351 g/mol. The van der Waals surface area contributed by atoms with E-state index in [2.05, 4.69) is 20.7 Å². The second kappa shape index (κ2) is 6.21. The van der Waals surface area contributed by atoms with Crippen LogP contribution >= 0.6 is 15.9 Å². The molecule has 0 saturated heterocycles. The highest BCUT2D eigenvalue weighted by Crippen LogP contribution is 2.23. The lowest BCUT2D eigenvalue weighted by molar-refractivity contribution is 0.0377. The summed E-state index contributed by atoms with van der Waals surface area (Å²) in [5.41, 5.74) is 4.83. The molecule has 0 unspecified atom stereocenters. The second-order valence-corrected chi connectivity index (χ2v) is 7.09. The van der Waals surface area contributed by atoms with Gasteiger partial charge in [-0.3, -0.25) is 0 Å². The average Bonchev–Trinajstić information content (AvgIpc) is 2.35. The molecule has 1 aromatic rings. The first-order valence-corrected chi connectivity index (χ1v) is 8.29. The number of rotatable bonds is 6. The number of sulfonamides is 1. The van der Waals surface area contributed by atoms with Crippen molar-refractivity contribution < 1.29 is 13.5 Å². The summed E-state index contributed by atoms with van der Waals surface area (Å²) in [5, 5.41) is 10.1. The molecule has 7 heteroatoms. The van der Waals surface area contributed by atoms with Gasteiger partial charge in [0.2, 0.25) is 10.0 Å². The lowest BCUT2D eigenvalue weighted by Crippen LogP contribution is -2.42. The minimum Gasteiger partial charge on any atom is -0.398 e. The van der Waals surface area contributed by atoms with Crippen LogP contribution in [0, 0.1) is 0 Å². The van der Waals surface area contributed by atoms with E-state index in [0.717, 1.165) is 0 Å². The molecule has 0 aliphatic rings. The largest absolute Gasteiger partial charge is 0.398 e. The number of halogens is 1. The Morgan fingerprint density at radius 3 is 2.42 bits per heavy atom. The van der Waals surface area contributed by atoms with Crippen LogP contribution < -0.4 is 10.5 Å². The molecule has 19 heavy (non-hydrogen) atoms. The third-order valence-corrected chi connectivity index (χ3v) is 5.14. The molecule has 0 aliphatic heterocycles. The minimum absolute atomic E-state index is 0.0188. The van der Waals surface area contributed by atoms with E-state index in [-0.39, 0.29) is 17.1 Å². The first kappa shape index (κ1) is 16.4. The summed E-state index contributed by atoms with van der Waals surface area (Å²) in [6.45, 7) is 3.59. The van der Waals surface area contributed by atoms with Crippen molar-refractivity contribution in [3.8, 4) is 0 Å². The van der Waals surface area contributed by atoms with Gasteiger partial charge < -0.3 is 10.8 Å². The first-order chi connectivity index (χ1) is 8.74. The molecule has 0 fully saturated rings. The molecular formula is C12H19BrN2O3S. The van der Waals surface area contributed by atoms with Crippen molar-refractivity contribution in [2.24, 2.45) is 0 Å². The smallest absolute Gasteiger partial charge is 0.242 e. The molecule has 4 N–H and O–H groups in total. The van der Waals surface area contributed by atoms with Gasteiger partial charge in [0.25, 0.3) is 0 Å². The van der Waals surface area contributed by atoms with Crippen LogP contribution in [0.15, 0.2) is 27.6 Å². The molecule has 5 nitrogen and oxygen atoms in total. The van der Waals surface area contributed by atoms with Crippen LogP contribution in [0.1, 0.15) is 26.7 Å². The summed E-state index contributed by atoms with van der Waals surface area (Å²) >= 11 is 3.22. The summed E-state index contributed by atoms with van der Waals surface area (Å²) in [6.07, 6.45) is 0.948. The van der Waals surface area contributed by atoms with Gasteiger partial charge in [0.15, 0.2) is 0 Å². The van der Waals surface area contributed by atoms with E-state index < -0.39 is 15.6 Å². The molecule has 0 bridgehead atoms. The van der Waals surface area contributed by atoms with Crippen molar-refractivity contribution in [2.75, 3.05) is 12.3 Å². The predicted molar refractivity (Wildman–Crippen MR) is 79.3 cm³/mol. The zero-order valence-electron chi connectivity index (χ0n) is 11.0. The molecule has 0 saturated carbocycles. The summed E-state index contributed by atoms with van der Waals surface area (Å²) in [6, 6.07) is 4.57. The standard InChI is InChI=1S/C12H19BrN2O3S/c1-3-12(16,4-2)8-15-19(17,18)11-6-5-9(13)7-10(11)14/h5-7,15-16H,3-4,8,14H2,1-2H3. The fourth-order valence-electron chi connectivity index (χ4n) is 1.57. The van der Waals surface area contributed by atoms with Crippen molar-refractivity contribution in [1.82, 2.24) is 4.72 Å². The zero-order valence-corrected chi connectivity index (χ0v) is 13.4. The maximum absolute atomic E-state index is 12.1. The lowest BCUT2D eigenvalue weighted by atomic mass is 9.98. The Morgan fingerprint density at radius 1 is 1.37 bits per heavy atom. The van der Waals surface area contributed by atoms with Crippen molar-refractivity contribution in [2.45, 2.75) is 37.2 Å². The van der Waals surface area contributed by atoms with E-state index in [1.165, 1.54) is 12.1 Å². The van der Waals surface area contributed by atoms with E-state index >= 15 is 0 Å². The number of anilines is 1. The Labute approximate surface area is 122 Å². The Kier molecular flexibility index (Phi) is 5.37. The van der Waals surface area contributed by atoms with Gasteiger partial charge in [-0.25, -0.2) is 13.1 Å². The van der Waals surface area contributed by atoms with Gasteiger partial charge in [-0.15, -0.1) is 0 Å². The zero-order chi connectivity index (χ0) is 14.7. The van der Waals surface area contributed by atoms with Crippen molar-refractivity contribution in [1.29, 1.82) is 0 Å². The van der Waals surface area contributed by atoms with Crippen LogP contribution in [0.25, 0.3) is 0 Å². The van der Waals surface area contributed by atoms with Crippen molar-refractivity contribution in [3.05, 3.63) is 22.7 Å². The van der Waals surface area contributed by atoms with Gasteiger partial charge >= 0.3 is 0 Å². The first-order valence-electron chi connectivity index (χ1n) is 6.01. The van der Waals surface area contributed by atoms with Gasteiger partial charge in [-0.1, -0.05) is 29.8 Å². The summed E-state index contributed by atoms with van der Waals surface area (Å²) < 4.78 is 27.4. The quantitative estimate of drug-likeness (QED) is 0.682. The van der Waals surface area contributed by atoms with Crippen LogP contribution in [0.5, 0.6) is 0 Å². The van der Waals surface area contributed by atoms with Crippen LogP contribution in [-0.2, 0) is 10.0 Å². The van der Waals surface area contributed by atoms with Crippen LogP contribution in [0.3, 0.4) is 0 Å². The second-order valence-electron chi connectivity index (χ2n) is 4.44. The molecular weight excluding hydrogens is 332 g/mol. The highest BCUT2D eigenvalue weighted by Gasteiger charge is 2.26. The topological polar surface area (TPSA) is 92.4 Å². The Bertz CT molecular complexity index is 542. The highest BCUT2D eigenvalue weighted by atomic mass is 79.9. The number of hydrogen-bond donors (Lipinski definition) is 3. The van der Waals surface area contributed by atoms with E-state index in [1.807, 2.05) is 13.8 Å². The van der Waals surface area contributed by atoms with Gasteiger partial charge in [0.05, 0.1) is 11.3 Å². The van der Waals surface area contributed by atoms with Gasteiger partial charge in [-0.2, -0.15) is 0 Å². The molecule has 0 aliphatic carbocycles. The maximum atomic E-state index is 12.1. The molecule has 0 aromatic heterocycles. The normalized spacial score (nSPS) is 12.6. The van der Waals surface area contributed by atoms with Gasteiger partial charge in [-0.05, 0) is 31.0 Å². The Hall–Kier alpha value is -0.630. The highest BCUT2D eigenvalue weighted by molar-refractivity contribution is 9.10. The predicted octanol–water partition coefficient (Wildman–Crippen LogP) is 1.86. The molecule has 0 radical (unpaired) electrons. The summed E-state index contributed by atoms with van der Waals surface area (Å²) in [4.78, 5) is 0.0188. The van der Waals surface area contributed by atoms with Crippen LogP contribution in [-0.4, -0.2) is 25.7 Å². The summed E-state index contributed by atoms with van der Waals surface area (Å²) in [5.74, 6) is 0. The molecule has 108 valence electrons. The minimum atomic E-state index is -3.72. The third kappa shape index (κ3) is 4.17. The SMILES string of the molecule is CCC(O)(CC)CNS(=O)(=O)c1ccc(Br)cc1N. The van der Waals surface area contributed by atoms with E-state index in [1.54, 1.807) is 6.07 Å². The van der Waals surface area contributed by atoms with Crippen LogP contribution in [0.4, 0.5) is 5.69 Å². The van der Waals surface area contributed by atoms with Gasteiger partial charge in [0, 0.05) is 11.0 Å². The van der Waals surface area contributed by atoms with E-state index in [9.17, 15) is 13.5 Å². The molecule has 1 rings (SSSR count). The monoisotopic (exact) mass is 350 g/mol. The Morgan fingerprint density at radius 2 is 1.95 bits per heavy atom. The number of nitrogen functional groups attached to an aromatic ring is 1. The number of nitrogens with two attached hydrogens (primary N) is 1. The number of hydrogen-bond acceptors (Lipinski definition) is 4. The van der Waals surface area contributed by atoms with Gasteiger partial charge in [0.1, 0.15) is 4.90 Å². The Balaban J connectivity index is 2.93. The number of nitrogens with one attached hydrogen (secondary N) is 1. The van der Waals surface area contributed by atoms with E-state index in [4.69, 9.17) is 5.73 Å². The van der Waals surface area contributed by atoms with Crippen LogP contribution in [0.2, 0.25) is 0 Å².